The molecule has 0 N–H and O–H groups in total. The van der Waals surface area contributed by atoms with Gasteiger partial charge >= 0.3 is 0 Å². The molecule has 0 bridgehead atoms. The fourth-order valence-electron chi connectivity index (χ4n) is 1.17. The summed E-state index contributed by atoms with van der Waals surface area (Å²) in [6, 6.07) is 0. The summed E-state index contributed by atoms with van der Waals surface area (Å²) in [7, 11) is 0. The van der Waals surface area contributed by atoms with E-state index >= 15 is 0 Å². The maximum absolute atomic E-state index is 11.2. The number of allylic oxidation sites excluding steroid dienone is 1. The lowest BCUT2D eigenvalue weighted by atomic mass is 9.80. The molecule has 1 aliphatic rings. The molecule has 0 unspecified atom stereocenters. The number of ketones is 1. The highest BCUT2D eigenvalue weighted by Gasteiger charge is 2.24. The predicted octanol–water partition coefficient (Wildman–Crippen LogP) is 2.32. The van der Waals surface area contributed by atoms with Crippen LogP contribution >= 0.6 is 0 Å². The van der Waals surface area contributed by atoms with Gasteiger partial charge in [0.1, 0.15) is 5.78 Å². The molecule has 0 saturated heterocycles. The summed E-state index contributed by atoms with van der Waals surface area (Å²) in [6.07, 6.45) is 4.08. The Hall–Kier alpha value is -0.590. The van der Waals surface area contributed by atoms with Gasteiger partial charge < -0.3 is 0 Å². The van der Waals surface area contributed by atoms with E-state index in [1.807, 2.05) is 6.92 Å². The molecule has 0 heterocycles. The van der Waals surface area contributed by atoms with Crippen LogP contribution in [0.3, 0.4) is 0 Å². The Labute approximate surface area is 62.1 Å². The molecule has 0 amide bonds. The summed E-state index contributed by atoms with van der Waals surface area (Å²) >= 11 is 0. The van der Waals surface area contributed by atoms with Crippen molar-refractivity contribution in [3.05, 3.63) is 12.2 Å². The van der Waals surface area contributed by atoms with Crippen molar-refractivity contribution in [1.82, 2.24) is 0 Å². The van der Waals surface area contributed by atoms with E-state index in [0.29, 0.717) is 18.1 Å². The molecule has 1 heteroatoms. The van der Waals surface area contributed by atoms with Crippen LogP contribution in [0, 0.1) is 5.92 Å². The van der Waals surface area contributed by atoms with Crippen molar-refractivity contribution in [3.8, 4) is 0 Å². The lowest BCUT2D eigenvalue weighted by Crippen LogP contribution is -2.21. The summed E-state index contributed by atoms with van der Waals surface area (Å²) in [5.41, 5.74) is 0.997. The molecule has 56 valence electrons. The Morgan fingerprint density at radius 3 is 2.50 bits per heavy atom. The van der Waals surface area contributed by atoms with Crippen molar-refractivity contribution in [3.63, 3.8) is 0 Å². The number of carbonyl (C=O) groups excluding carboxylic acids is 1. The Balaban J connectivity index is 2.27. The molecule has 0 atom stereocenters. The van der Waals surface area contributed by atoms with Gasteiger partial charge in [0.15, 0.2) is 0 Å². The van der Waals surface area contributed by atoms with Crippen LogP contribution in [-0.4, -0.2) is 5.78 Å². The number of Topliss-reactive ketones (excluding diaryl/α,β-unsaturated/α-hetero) is 1. The van der Waals surface area contributed by atoms with E-state index in [0.717, 1.165) is 18.4 Å². The summed E-state index contributed by atoms with van der Waals surface area (Å²) in [6.45, 7) is 5.63. The van der Waals surface area contributed by atoms with E-state index in [2.05, 4.69) is 6.58 Å². The monoisotopic (exact) mass is 138 g/mol. The van der Waals surface area contributed by atoms with Crippen molar-refractivity contribution in [2.75, 3.05) is 0 Å². The van der Waals surface area contributed by atoms with E-state index < -0.39 is 0 Å². The van der Waals surface area contributed by atoms with Gasteiger partial charge in [0.05, 0.1) is 0 Å². The topological polar surface area (TPSA) is 17.1 Å². The smallest absolute Gasteiger partial charge is 0.139 e. The molecular formula is C9H14O. The lowest BCUT2D eigenvalue weighted by Gasteiger charge is -2.23. The minimum absolute atomic E-state index is 0.386. The fraction of sp³-hybridized carbons (Fsp3) is 0.667. The number of hydrogen-bond acceptors (Lipinski definition) is 1. The van der Waals surface area contributed by atoms with Crippen LogP contribution in [0.15, 0.2) is 12.2 Å². The Morgan fingerprint density at radius 1 is 1.60 bits per heavy atom. The van der Waals surface area contributed by atoms with Gasteiger partial charge in [-0.15, -0.1) is 0 Å². The lowest BCUT2D eigenvalue weighted by molar-refractivity contribution is -0.124. The van der Waals surface area contributed by atoms with Crippen molar-refractivity contribution < 1.29 is 4.79 Å². The molecule has 0 spiro atoms. The molecule has 0 aliphatic heterocycles. The summed E-state index contributed by atoms with van der Waals surface area (Å²) in [4.78, 5) is 11.2. The van der Waals surface area contributed by atoms with Gasteiger partial charge in [0.2, 0.25) is 0 Å². The third kappa shape index (κ3) is 1.69. The first kappa shape index (κ1) is 7.52. The maximum atomic E-state index is 11.2. The second-order valence-electron chi connectivity index (χ2n) is 3.23. The third-order valence-corrected chi connectivity index (χ3v) is 2.04. The zero-order valence-electron chi connectivity index (χ0n) is 6.52. The van der Waals surface area contributed by atoms with Gasteiger partial charge in [0.25, 0.3) is 0 Å². The first-order chi connectivity index (χ1) is 4.70. The number of carbonyl (C=O) groups is 1. The standard InChI is InChI=1S/C9H14O/c1-7(2)6-9(10)8-4-3-5-8/h8H,1,3-6H2,2H3. The quantitative estimate of drug-likeness (QED) is 0.547. The third-order valence-electron chi connectivity index (χ3n) is 2.04. The zero-order valence-corrected chi connectivity index (χ0v) is 6.52. The van der Waals surface area contributed by atoms with Gasteiger partial charge in [-0.3, -0.25) is 4.79 Å². The minimum atomic E-state index is 0.386. The summed E-state index contributed by atoms with van der Waals surface area (Å²) in [5.74, 6) is 0.787. The van der Waals surface area contributed by atoms with E-state index in [1.165, 1.54) is 6.42 Å². The van der Waals surface area contributed by atoms with Crippen LogP contribution in [0.4, 0.5) is 0 Å². The largest absolute Gasteiger partial charge is 0.299 e. The van der Waals surface area contributed by atoms with Crippen LogP contribution in [0.2, 0.25) is 0 Å². The molecule has 1 nitrogen and oxygen atoms in total. The molecule has 1 fully saturated rings. The average molecular weight is 138 g/mol. The molecular weight excluding hydrogens is 124 g/mol. The van der Waals surface area contributed by atoms with Crippen molar-refractivity contribution in [2.45, 2.75) is 32.6 Å². The van der Waals surface area contributed by atoms with E-state index in [4.69, 9.17) is 0 Å². The highest BCUT2D eigenvalue weighted by Crippen LogP contribution is 2.28. The molecule has 1 rings (SSSR count). The number of rotatable bonds is 3. The molecule has 0 aromatic heterocycles. The molecule has 1 aliphatic carbocycles. The van der Waals surface area contributed by atoms with Crippen LogP contribution < -0.4 is 0 Å². The van der Waals surface area contributed by atoms with E-state index in [9.17, 15) is 4.79 Å². The highest BCUT2D eigenvalue weighted by molar-refractivity contribution is 5.83. The Bertz CT molecular complexity index is 154. The predicted molar refractivity (Wildman–Crippen MR) is 41.8 cm³/mol. The van der Waals surface area contributed by atoms with Crippen LogP contribution in [0.5, 0.6) is 0 Å². The minimum Gasteiger partial charge on any atom is -0.299 e. The summed E-state index contributed by atoms with van der Waals surface area (Å²) < 4.78 is 0. The Kier molecular flexibility index (Phi) is 2.25. The summed E-state index contributed by atoms with van der Waals surface area (Å²) in [5, 5.41) is 0. The van der Waals surface area contributed by atoms with Crippen LogP contribution in [0.1, 0.15) is 32.6 Å². The fourth-order valence-corrected chi connectivity index (χ4v) is 1.17. The van der Waals surface area contributed by atoms with Gasteiger partial charge in [-0.25, -0.2) is 0 Å². The maximum Gasteiger partial charge on any atom is 0.139 e. The molecule has 10 heavy (non-hydrogen) atoms. The molecule has 0 aromatic carbocycles. The van der Waals surface area contributed by atoms with Crippen LogP contribution in [0.25, 0.3) is 0 Å². The Morgan fingerprint density at radius 2 is 2.20 bits per heavy atom. The highest BCUT2D eigenvalue weighted by atomic mass is 16.1. The molecule has 1 saturated carbocycles. The second-order valence-corrected chi connectivity index (χ2v) is 3.23. The van der Waals surface area contributed by atoms with E-state index in [1.54, 1.807) is 0 Å². The van der Waals surface area contributed by atoms with Gasteiger partial charge in [-0.05, 0) is 19.8 Å². The van der Waals surface area contributed by atoms with Gasteiger partial charge in [-0.2, -0.15) is 0 Å². The molecule has 0 radical (unpaired) electrons. The van der Waals surface area contributed by atoms with E-state index in [-0.39, 0.29) is 0 Å². The van der Waals surface area contributed by atoms with Gasteiger partial charge in [-0.1, -0.05) is 18.6 Å². The molecule has 0 aromatic rings. The SMILES string of the molecule is C=C(C)CC(=O)C1CCC1. The van der Waals surface area contributed by atoms with Crippen LogP contribution in [-0.2, 0) is 4.79 Å². The second kappa shape index (κ2) is 3.00. The normalized spacial score (nSPS) is 18.1. The van der Waals surface area contributed by atoms with Gasteiger partial charge in [0, 0.05) is 12.3 Å². The zero-order chi connectivity index (χ0) is 7.56. The van der Waals surface area contributed by atoms with Crippen molar-refractivity contribution in [2.24, 2.45) is 5.92 Å². The average Bonchev–Trinajstić information content (AvgIpc) is 1.55. The van der Waals surface area contributed by atoms with Crippen molar-refractivity contribution >= 4 is 5.78 Å². The van der Waals surface area contributed by atoms with Crippen molar-refractivity contribution in [1.29, 1.82) is 0 Å². The first-order valence-corrected chi connectivity index (χ1v) is 3.87. The first-order valence-electron chi connectivity index (χ1n) is 3.87. The number of hydrogen-bond donors (Lipinski definition) is 0.